The van der Waals surface area contributed by atoms with Crippen LogP contribution in [-0.4, -0.2) is 20.8 Å². The van der Waals surface area contributed by atoms with Gasteiger partial charge in [0, 0.05) is 10.0 Å². The Hall–Kier alpha value is -2.71. The number of allylic oxidation sites excluding steroid dienone is 1. The van der Waals surface area contributed by atoms with Crippen LogP contribution >= 0.6 is 15.9 Å². The molecule has 0 atom stereocenters. The summed E-state index contributed by atoms with van der Waals surface area (Å²) in [5, 5.41) is 9.61. The molecular formula is C20H18BrNO3. The topological polar surface area (TPSA) is 51.5 Å². The van der Waals surface area contributed by atoms with Gasteiger partial charge in [0.1, 0.15) is 12.4 Å². The molecule has 0 aliphatic heterocycles. The first kappa shape index (κ1) is 18.6. The van der Waals surface area contributed by atoms with Crippen LogP contribution in [0.15, 0.2) is 53.5 Å². The van der Waals surface area contributed by atoms with Gasteiger partial charge in [0.05, 0.1) is 25.9 Å². The minimum atomic E-state index is 0.390. The van der Waals surface area contributed by atoms with E-state index in [-0.39, 0.29) is 0 Å². The summed E-state index contributed by atoms with van der Waals surface area (Å²) in [6.07, 6.45) is 3.46. The molecule has 0 saturated heterocycles. The third-order valence-electron chi connectivity index (χ3n) is 3.44. The zero-order chi connectivity index (χ0) is 18.2. The van der Waals surface area contributed by atoms with E-state index in [1.165, 1.54) is 0 Å². The van der Waals surface area contributed by atoms with Crippen LogP contribution in [0.4, 0.5) is 0 Å². The average Bonchev–Trinajstić information content (AvgIpc) is 2.64. The molecule has 0 aliphatic carbocycles. The van der Waals surface area contributed by atoms with Gasteiger partial charge in [-0.15, -0.1) is 0 Å². The Morgan fingerprint density at radius 1 is 1.12 bits per heavy atom. The van der Waals surface area contributed by atoms with Crippen LogP contribution in [0.3, 0.4) is 0 Å². The number of hydrogen-bond donors (Lipinski definition) is 0. The molecule has 128 valence electrons. The highest BCUT2D eigenvalue weighted by Gasteiger charge is 2.10. The van der Waals surface area contributed by atoms with Gasteiger partial charge < -0.3 is 14.2 Å². The smallest absolute Gasteiger partial charge is 0.161 e. The number of nitrogens with zero attached hydrogens (tertiary/aromatic N) is 1. The summed E-state index contributed by atoms with van der Waals surface area (Å²) in [6.45, 7) is 4.04. The normalized spacial score (nSPS) is 10.7. The number of nitriles is 1. The lowest BCUT2D eigenvalue weighted by Gasteiger charge is -2.10. The first-order valence-corrected chi connectivity index (χ1v) is 8.29. The fourth-order valence-electron chi connectivity index (χ4n) is 2.25. The fraction of sp³-hybridized carbons (Fsp3) is 0.150. The lowest BCUT2D eigenvalue weighted by Crippen LogP contribution is -1.95. The number of hydrogen-bond acceptors (Lipinski definition) is 4. The Morgan fingerprint density at radius 3 is 2.48 bits per heavy atom. The number of methoxy groups -OCH3 is 2. The third-order valence-corrected chi connectivity index (χ3v) is 3.94. The maximum absolute atomic E-state index is 9.61. The van der Waals surface area contributed by atoms with Gasteiger partial charge in [0.2, 0.25) is 0 Å². The fourth-order valence-corrected chi connectivity index (χ4v) is 2.63. The molecule has 0 spiro atoms. The SMILES string of the molecule is C=CCOc1ccc(Br)cc1/C=C(\C#N)c1ccc(OC)c(OC)c1. The standard InChI is InChI=1S/C20H18BrNO3/c1-4-9-25-18-8-6-17(21)11-15(18)10-16(13-22)14-5-7-19(23-2)20(12-14)24-3/h4-8,10-12H,1,9H2,2-3H3/b16-10+. The van der Waals surface area contributed by atoms with Crippen molar-refractivity contribution in [3.63, 3.8) is 0 Å². The number of ether oxygens (including phenoxy) is 3. The van der Waals surface area contributed by atoms with Gasteiger partial charge in [-0.1, -0.05) is 28.6 Å². The molecule has 25 heavy (non-hydrogen) atoms. The van der Waals surface area contributed by atoms with Crippen LogP contribution in [0.25, 0.3) is 11.6 Å². The molecule has 0 fully saturated rings. The van der Waals surface area contributed by atoms with Crippen LogP contribution in [0.5, 0.6) is 17.2 Å². The highest BCUT2D eigenvalue weighted by molar-refractivity contribution is 9.10. The largest absolute Gasteiger partial charge is 0.493 e. The van der Waals surface area contributed by atoms with Crippen molar-refractivity contribution in [3.05, 3.63) is 64.7 Å². The molecule has 0 aromatic heterocycles. The Balaban J connectivity index is 2.49. The molecule has 0 unspecified atom stereocenters. The van der Waals surface area contributed by atoms with Gasteiger partial charge in [0.15, 0.2) is 11.5 Å². The van der Waals surface area contributed by atoms with E-state index in [1.807, 2.05) is 24.3 Å². The molecule has 2 aromatic carbocycles. The second-order valence-electron chi connectivity index (χ2n) is 5.02. The van der Waals surface area contributed by atoms with Gasteiger partial charge >= 0.3 is 0 Å². The van der Waals surface area contributed by atoms with E-state index in [9.17, 15) is 5.26 Å². The van der Waals surface area contributed by atoms with Crippen molar-refractivity contribution in [2.75, 3.05) is 20.8 Å². The lowest BCUT2D eigenvalue weighted by molar-refractivity contribution is 0.355. The lowest BCUT2D eigenvalue weighted by atomic mass is 10.0. The van der Waals surface area contributed by atoms with Crippen LogP contribution < -0.4 is 14.2 Å². The van der Waals surface area contributed by atoms with E-state index in [1.54, 1.807) is 38.5 Å². The Morgan fingerprint density at radius 2 is 1.84 bits per heavy atom. The average molecular weight is 400 g/mol. The quantitative estimate of drug-likeness (QED) is 0.369. The monoisotopic (exact) mass is 399 g/mol. The molecule has 0 N–H and O–H groups in total. The summed E-state index contributed by atoms with van der Waals surface area (Å²) >= 11 is 3.45. The number of benzene rings is 2. The summed E-state index contributed by atoms with van der Waals surface area (Å²) in [7, 11) is 3.14. The highest BCUT2D eigenvalue weighted by Crippen LogP contribution is 2.32. The van der Waals surface area contributed by atoms with E-state index in [4.69, 9.17) is 14.2 Å². The predicted molar refractivity (Wildman–Crippen MR) is 103 cm³/mol. The minimum Gasteiger partial charge on any atom is -0.493 e. The zero-order valence-electron chi connectivity index (χ0n) is 14.1. The minimum absolute atomic E-state index is 0.390. The summed E-state index contributed by atoms with van der Waals surface area (Å²) < 4.78 is 17.1. The summed E-state index contributed by atoms with van der Waals surface area (Å²) in [4.78, 5) is 0. The summed E-state index contributed by atoms with van der Waals surface area (Å²) in [6, 6.07) is 13.2. The van der Waals surface area contributed by atoms with E-state index in [0.29, 0.717) is 29.4 Å². The maximum Gasteiger partial charge on any atom is 0.161 e. The van der Waals surface area contributed by atoms with E-state index in [0.717, 1.165) is 15.6 Å². The first-order valence-electron chi connectivity index (χ1n) is 7.50. The first-order chi connectivity index (χ1) is 12.1. The second kappa shape index (κ2) is 8.95. The van der Waals surface area contributed by atoms with Crippen molar-refractivity contribution in [2.24, 2.45) is 0 Å². The molecule has 0 heterocycles. The van der Waals surface area contributed by atoms with Gasteiger partial charge in [-0.05, 0) is 48.0 Å². The van der Waals surface area contributed by atoms with E-state index in [2.05, 4.69) is 28.6 Å². The van der Waals surface area contributed by atoms with Crippen LogP contribution in [0.1, 0.15) is 11.1 Å². The number of rotatable bonds is 7. The molecule has 0 amide bonds. The zero-order valence-corrected chi connectivity index (χ0v) is 15.7. The van der Waals surface area contributed by atoms with Gasteiger partial charge in [-0.2, -0.15) is 5.26 Å². The molecular weight excluding hydrogens is 382 g/mol. The molecule has 5 heteroatoms. The van der Waals surface area contributed by atoms with E-state index >= 15 is 0 Å². The molecule has 0 bridgehead atoms. The molecule has 0 aliphatic rings. The van der Waals surface area contributed by atoms with Crippen LogP contribution in [-0.2, 0) is 0 Å². The summed E-state index contributed by atoms with van der Waals surface area (Å²) in [5.74, 6) is 1.86. The van der Waals surface area contributed by atoms with Crippen molar-refractivity contribution < 1.29 is 14.2 Å². The Kier molecular flexibility index (Phi) is 6.67. The Labute approximate surface area is 156 Å². The predicted octanol–water partition coefficient (Wildman–Crippen LogP) is 5.10. The highest BCUT2D eigenvalue weighted by atomic mass is 79.9. The second-order valence-corrected chi connectivity index (χ2v) is 5.94. The maximum atomic E-state index is 9.61. The molecule has 2 aromatic rings. The van der Waals surface area contributed by atoms with Gasteiger partial charge in [0.25, 0.3) is 0 Å². The van der Waals surface area contributed by atoms with Crippen LogP contribution in [0.2, 0.25) is 0 Å². The number of halogens is 1. The third kappa shape index (κ3) is 4.65. The van der Waals surface area contributed by atoms with Crippen molar-refractivity contribution in [2.45, 2.75) is 0 Å². The van der Waals surface area contributed by atoms with Crippen molar-refractivity contribution in [3.8, 4) is 23.3 Å². The van der Waals surface area contributed by atoms with Crippen molar-refractivity contribution >= 4 is 27.6 Å². The molecule has 0 saturated carbocycles. The van der Waals surface area contributed by atoms with E-state index < -0.39 is 0 Å². The summed E-state index contributed by atoms with van der Waals surface area (Å²) in [5.41, 5.74) is 2.01. The Bertz CT molecular complexity index is 837. The molecule has 2 rings (SSSR count). The van der Waals surface area contributed by atoms with Crippen LogP contribution in [0, 0.1) is 11.3 Å². The van der Waals surface area contributed by atoms with Gasteiger partial charge in [-0.25, -0.2) is 0 Å². The van der Waals surface area contributed by atoms with Crippen molar-refractivity contribution in [1.29, 1.82) is 5.26 Å². The van der Waals surface area contributed by atoms with Gasteiger partial charge in [-0.3, -0.25) is 0 Å². The molecule has 0 radical (unpaired) electrons. The molecule has 4 nitrogen and oxygen atoms in total. The van der Waals surface area contributed by atoms with Crippen molar-refractivity contribution in [1.82, 2.24) is 0 Å².